The van der Waals surface area contributed by atoms with Crippen molar-refractivity contribution in [2.45, 2.75) is 6.42 Å². The van der Waals surface area contributed by atoms with Gasteiger partial charge in [-0.2, -0.15) is 0 Å². The predicted octanol–water partition coefficient (Wildman–Crippen LogP) is 3.99. The highest BCUT2D eigenvalue weighted by Crippen LogP contribution is 2.40. The van der Waals surface area contributed by atoms with E-state index in [0.717, 1.165) is 40.7 Å². The molecule has 1 N–H and O–H groups in total. The molecule has 1 aromatic heterocycles. The highest BCUT2D eigenvalue weighted by Gasteiger charge is 2.22. The number of aromatic nitrogens is 1. The van der Waals surface area contributed by atoms with E-state index in [4.69, 9.17) is 14.2 Å². The molecule has 2 aromatic carbocycles. The minimum Gasteiger partial charge on any atom is -0.496 e. The molecule has 0 saturated heterocycles. The molecule has 1 aliphatic heterocycles. The number of benzene rings is 2. The lowest BCUT2D eigenvalue weighted by molar-refractivity contribution is -0.117. The summed E-state index contributed by atoms with van der Waals surface area (Å²) < 4.78 is 16.5. The lowest BCUT2D eigenvalue weighted by atomic mass is 9.97. The number of anilines is 1. The molecule has 3 aromatic rings. The van der Waals surface area contributed by atoms with Crippen LogP contribution in [0.4, 0.5) is 5.69 Å². The molecule has 32 heavy (non-hydrogen) atoms. The normalized spacial score (nSPS) is 14.0. The number of methoxy groups -OCH3 is 3. The van der Waals surface area contributed by atoms with Gasteiger partial charge in [0.2, 0.25) is 5.91 Å². The zero-order valence-corrected chi connectivity index (χ0v) is 18.6. The Morgan fingerprint density at radius 2 is 1.84 bits per heavy atom. The van der Waals surface area contributed by atoms with Crippen LogP contribution in [0.3, 0.4) is 0 Å². The van der Waals surface area contributed by atoms with Gasteiger partial charge in [-0.25, -0.2) is 0 Å². The van der Waals surface area contributed by atoms with Crippen molar-refractivity contribution >= 4 is 28.1 Å². The second-order valence-corrected chi connectivity index (χ2v) is 7.55. The Morgan fingerprint density at radius 3 is 2.50 bits per heavy atom. The summed E-state index contributed by atoms with van der Waals surface area (Å²) in [6.07, 6.45) is 4.66. The van der Waals surface area contributed by atoms with E-state index in [2.05, 4.69) is 21.3 Å². The fourth-order valence-electron chi connectivity index (χ4n) is 4.01. The van der Waals surface area contributed by atoms with Gasteiger partial charge in [-0.15, -0.1) is 0 Å². The van der Waals surface area contributed by atoms with Crippen molar-refractivity contribution < 1.29 is 19.0 Å². The van der Waals surface area contributed by atoms with Gasteiger partial charge >= 0.3 is 0 Å². The Bertz CT molecular complexity index is 1130. The first kappa shape index (κ1) is 21.6. The fourth-order valence-corrected chi connectivity index (χ4v) is 4.01. The molecule has 7 heteroatoms. The lowest BCUT2D eigenvalue weighted by Crippen LogP contribution is -2.36. The summed E-state index contributed by atoms with van der Waals surface area (Å²) in [7, 11) is 4.90. The Labute approximate surface area is 187 Å². The maximum Gasteiger partial charge on any atom is 0.238 e. The smallest absolute Gasteiger partial charge is 0.238 e. The van der Waals surface area contributed by atoms with Gasteiger partial charge in [0.25, 0.3) is 0 Å². The molecule has 0 fully saturated rings. The average molecular weight is 434 g/mol. The molecular weight excluding hydrogens is 406 g/mol. The van der Waals surface area contributed by atoms with E-state index in [1.54, 1.807) is 27.5 Å². The van der Waals surface area contributed by atoms with Gasteiger partial charge in [0.05, 0.1) is 44.6 Å². The summed E-state index contributed by atoms with van der Waals surface area (Å²) in [4.78, 5) is 19.2. The van der Waals surface area contributed by atoms with Crippen molar-refractivity contribution in [3.8, 4) is 17.2 Å². The van der Waals surface area contributed by atoms with Crippen LogP contribution < -0.4 is 19.5 Å². The molecule has 2 heterocycles. The largest absolute Gasteiger partial charge is 0.496 e. The number of ether oxygens (including phenoxy) is 3. The summed E-state index contributed by atoms with van der Waals surface area (Å²) in [5.74, 6) is 2.06. The average Bonchev–Trinajstić information content (AvgIpc) is 2.84. The molecule has 0 atom stereocenters. The van der Waals surface area contributed by atoms with Crippen LogP contribution in [0, 0.1) is 0 Å². The van der Waals surface area contributed by atoms with Crippen molar-refractivity contribution in [3.05, 3.63) is 60.3 Å². The highest BCUT2D eigenvalue weighted by atomic mass is 16.5. The van der Waals surface area contributed by atoms with Gasteiger partial charge in [0.15, 0.2) is 0 Å². The van der Waals surface area contributed by atoms with Crippen LogP contribution in [-0.4, -0.2) is 56.8 Å². The molecule has 0 bridgehead atoms. The number of carbonyl (C=O) groups excluding carboxylic acids is 1. The SMILES string of the molecule is COc1cc(OC)c(C2=CCN(CC(=O)Nc3cccc4ncccc34)CC2)c(OC)c1. The summed E-state index contributed by atoms with van der Waals surface area (Å²) in [6.45, 7) is 1.74. The molecule has 0 unspecified atom stereocenters. The molecule has 0 spiro atoms. The molecule has 1 aliphatic rings. The van der Waals surface area contributed by atoms with E-state index in [1.807, 2.05) is 42.5 Å². The predicted molar refractivity (Wildman–Crippen MR) is 126 cm³/mol. The van der Waals surface area contributed by atoms with Gasteiger partial charge in [-0.1, -0.05) is 12.1 Å². The fraction of sp³-hybridized carbons (Fsp3) is 0.280. The van der Waals surface area contributed by atoms with E-state index < -0.39 is 0 Å². The molecule has 0 aliphatic carbocycles. The maximum absolute atomic E-state index is 12.7. The number of hydrogen-bond acceptors (Lipinski definition) is 6. The van der Waals surface area contributed by atoms with Crippen LogP contribution in [0.1, 0.15) is 12.0 Å². The summed E-state index contributed by atoms with van der Waals surface area (Å²) in [6, 6.07) is 13.3. The van der Waals surface area contributed by atoms with Gasteiger partial charge in [0, 0.05) is 36.8 Å². The minimum atomic E-state index is -0.0437. The van der Waals surface area contributed by atoms with E-state index in [0.29, 0.717) is 30.3 Å². The molecule has 7 nitrogen and oxygen atoms in total. The summed E-state index contributed by atoms with van der Waals surface area (Å²) in [5, 5.41) is 3.96. The van der Waals surface area contributed by atoms with Gasteiger partial charge in [-0.3, -0.25) is 14.7 Å². The zero-order chi connectivity index (χ0) is 22.5. The number of hydrogen-bond donors (Lipinski definition) is 1. The van der Waals surface area contributed by atoms with Crippen LogP contribution in [0.5, 0.6) is 17.2 Å². The Hall–Kier alpha value is -3.58. The maximum atomic E-state index is 12.7. The molecular formula is C25H27N3O4. The summed E-state index contributed by atoms with van der Waals surface area (Å²) >= 11 is 0. The van der Waals surface area contributed by atoms with Crippen molar-refractivity contribution in [1.29, 1.82) is 0 Å². The Morgan fingerprint density at radius 1 is 1.06 bits per heavy atom. The first-order valence-electron chi connectivity index (χ1n) is 10.5. The zero-order valence-electron chi connectivity index (χ0n) is 18.6. The van der Waals surface area contributed by atoms with E-state index in [-0.39, 0.29) is 5.91 Å². The number of fused-ring (bicyclic) bond motifs is 1. The molecule has 0 radical (unpaired) electrons. The Balaban J connectivity index is 1.45. The van der Waals surface area contributed by atoms with Crippen LogP contribution in [0.2, 0.25) is 0 Å². The highest BCUT2D eigenvalue weighted by molar-refractivity contribution is 6.01. The van der Waals surface area contributed by atoms with Gasteiger partial charge in [0.1, 0.15) is 17.2 Å². The lowest BCUT2D eigenvalue weighted by Gasteiger charge is -2.27. The first-order chi connectivity index (χ1) is 15.6. The van der Waals surface area contributed by atoms with E-state index >= 15 is 0 Å². The second-order valence-electron chi connectivity index (χ2n) is 7.55. The number of nitrogens with one attached hydrogen (secondary N) is 1. The third-order valence-corrected chi connectivity index (χ3v) is 5.62. The molecule has 0 saturated carbocycles. The molecule has 4 rings (SSSR count). The minimum absolute atomic E-state index is 0.0437. The third-order valence-electron chi connectivity index (χ3n) is 5.62. The number of nitrogens with zero attached hydrogens (tertiary/aromatic N) is 2. The third kappa shape index (κ3) is 4.53. The second kappa shape index (κ2) is 9.70. The number of pyridine rings is 1. The summed E-state index contributed by atoms with van der Waals surface area (Å²) in [5.41, 5.74) is 3.71. The monoisotopic (exact) mass is 433 g/mol. The number of rotatable bonds is 7. The van der Waals surface area contributed by atoms with Gasteiger partial charge in [-0.05, 0) is 36.3 Å². The van der Waals surface area contributed by atoms with Crippen molar-refractivity contribution in [2.75, 3.05) is 46.3 Å². The van der Waals surface area contributed by atoms with Gasteiger partial charge < -0.3 is 19.5 Å². The topological polar surface area (TPSA) is 72.9 Å². The van der Waals surface area contributed by atoms with E-state index in [9.17, 15) is 4.79 Å². The number of amides is 1. The van der Waals surface area contributed by atoms with Crippen LogP contribution in [0.25, 0.3) is 16.5 Å². The quantitative estimate of drug-likeness (QED) is 0.608. The van der Waals surface area contributed by atoms with Crippen LogP contribution in [-0.2, 0) is 4.79 Å². The van der Waals surface area contributed by atoms with Crippen LogP contribution >= 0.6 is 0 Å². The first-order valence-corrected chi connectivity index (χ1v) is 10.5. The Kier molecular flexibility index (Phi) is 6.56. The van der Waals surface area contributed by atoms with Crippen molar-refractivity contribution in [2.24, 2.45) is 0 Å². The standard InChI is InChI=1S/C25H27N3O4/c1-30-18-14-22(31-2)25(23(15-18)32-3)17-9-12-28(13-10-17)16-24(29)27-21-8-4-7-20-19(21)6-5-11-26-20/h4-9,11,14-15H,10,12-13,16H2,1-3H3,(H,27,29). The van der Waals surface area contributed by atoms with Crippen molar-refractivity contribution in [3.63, 3.8) is 0 Å². The number of carbonyl (C=O) groups is 1. The van der Waals surface area contributed by atoms with Crippen LogP contribution in [0.15, 0.2) is 54.7 Å². The molecule has 1 amide bonds. The van der Waals surface area contributed by atoms with E-state index in [1.165, 1.54) is 0 Å². The molecule has 166 valence electrons. The van der Waals surface area contributed by atoms with Crippen molar-refractivity contribution in [1.82, 2.24) is 9.88 Å².